The van der Waals surface area contributed by atoms with E-state index in [0.717, 1.165) is 43.6 Å². The monoisotopic (exact) mass is 446 g/mol. The molecular weight excluding hydrogens is 403 g/mol. The van der Waals surface area contributed by atoms with Crippen LogP contribution in [0.2, 0.25) is 0 Å². The van der Waals surface area contributed by atoms with Crippen molar-refractivity contribution in [1.29, 1.82) is 0 Å². The Hall–Kier alpha value is -1.89. The second kappa shape index (κ2) is 12.0. The summed E-state index contributed by atoms with van der Waals surface area (Å²) in [6, 6.07) is 13.2. The number of hydrogen-bond acceptors (Lipinski definition) is 0. The highest BCUT2D eigenvalue weighted by Gasteiger charge is 2.26. The lowest BCUT2D eigenvalue weighted by atomic mass is 9.76. The van der Waals surface area contributed by atoms with Gasteiger partial charge in [0, 0.05) is 0 Å². The SMILES string of the molecule is C/C=C/CCc1ccc2c(c1)CCC(c1ccc(C3CCC(CCCCC)CC3)cc1F)C2. The molecule has 0 bridgehead atoms. The number of fused-ring (bicyclic) bond motifs is 1. The molecule has 1 atom stereocenters. The predicted molar refractivity (Wildman–Crippen MR) is 140 cm³/mol. The van der Waals surface area contributed by atoms with Crippen molar-refractivity contribution >= 4 is 0 Å². The number of halogens is 1. The lowest BCUT2D eigenvalue weighted by Gasteiger charge is -2.30. The quantitative estimate of drug-likeness (QED) is 0.266. The van der Waals surface area contributed by atoms with E-state index in [9.17, 15) is 0 Å². The van der Waals surface area contributed by atoms with E-state index < -0.39 is 0 Å². The van der Waals surface area contributed by atoms with E-state index in [0.29, 0.717) is 11.8 Å². The molecule has 0 heterocycles. The normalized spacial score (nSPS) is 23.1. The summed E-state index contributed by atoms with van der Waals surface area (Å²) >= 11 is 0. The first-order chi connectivity index (χ1) is 16.2. The van der Waals surface area contributed by atoms with Gasteiger partial charge in [-0.05, 0) is 116 Å². The summed E-state index contributed by atoms with van der Waals surface area (Å²) in [4.78, 5) is 0. The predicted octanol–water partition coefficient (Wildman–Crippen LogP) is 9.46. The number of benzene rings is 2. The van der Waals surface area contributed by atoms with Crippen LogP contribution >= 0.6 is 0 Å². The molecule has 0 N–H and O–H groups in total. The summed E-state index contributed by atoms with van der Waals surface area (Å²) in [5.41, 5.74) is 6.52. The molecule has 1 heteroatoms. The molecule has 0 saturated heterocycles. The Morgan fingerprint density at radius 2 is 1.76 bits per heavy atom. The van der Waals surface area contributed by atoms with Crippen LogP contribution in [-0.2, 0) is 19.3 Å². The molecular formula is C32H43F. The fourth-order valence-corrected chi connectivity index (χ4v) is 6.24. The van der Waals surface area contributed by atoms with Crippen LogP contribution in [0.25, 0.3) is 0 Å². The van der Waals surface area contributed by atoms with Gasteiger partial charge in [-0.2, -0.15) is 0 Å². The van der Waals surface area contributed by atoms with Crippen molar-refractivity contribution in [2.45, 2.75) is 109 Å². The Balaban J connectivity index is 1.35. The molecule has 2 aromatic rings. The van der Waals surface area contributed by atoms with Crippen molar-refractivity contribution < 1.29 is 4.39 Å². The van der Waals surface area contributed by atoms with Gasteiger partial charge in [0.15, 0.2) is 0 Å². The zero-order chi connectivity index (χ0) is 23.0. The van der Waals surface area contributed by atoms with E-state index in [-0.39, 0.29) is 5.82 Å². The van der Waals surface area contributed by atoms with Gasteiger partial charge in [-0.15, -0.1) is 0 Å². The lowest BCUT2D eigenvalue weighted by Crippen LogP contribution is -2.16. The van der Waals surface area contributed by atoms with Crippen molar-refractivity contribution in [3.63, 3.8) is 0 Å². The van der Waals surface area contributed by atoms with E-state index >= 15 is 4.39 Å². The molecule has 0 nitrogen and oxygen atoms in total. The van der Waals surface area contributed by atoms with Gasteiger partial charge < -0.3 is 0 Å². The van der Waals surface area contributed by atoms with Crippen molar-refractivity contribution in [1.82, 2.24) is 0 Å². The second-order valence-electron chi connectivity index (χ2n) is 10.6. The summed E-state index contributed by atoms with van der Waals surface area (Å²) in [5, 5.41) is 0. The van der Waals surface area contributed by atoms with Gasteiger partial charge in [0.25, 0.3) is 0 Å². The average Bonchev–Trinajstić information content (AvgIpc) is 2.84. The van der Waals surface area contributed by atoms with Gasteiger partial charge in [0.2, 0.25) is 0 Å². The highest BCUT2D eigenvalue weighted by Crippen LogP contribution is 2.40. The maximum atomic E-state index is 15.3. The van der Waals surface area contributed by atoms with Crippen LogP contribution in [0.4, 0.5) is 4.39 Å². The van der Waals surface area contributed by atoms with Gasteiger partial charge in [-0.1, -0.05) is 75.1 Å². The summed E-state index contributed by atoms with van der Waals surface area (Å²) in [5.74, 6) is 1.82. The Morgan fingerprint density at radius 3 is 2.52 bits per heavy atom. The molecule has 0 aromatic heterocycles. The topological polar surface area (TPSA) is 0 Å². The minimum absolute atomic E-state index is 0.0361. The van der Waals surface area contributed by atoms with Crippen molar-refractivity contribution in [3.05, 3.63) is 82.2 Å². The number of rotatable bonds is 9. The molecule has 4 rings (SSSR count). The van der Waals surface area contributed by atoms with Crippen LogP contribution < -0.4 is 0 Å². The first-order valence-corrected chi connectivity index (χ1v) is 13.7. The van der Waals surface area contributed by atoms with Crippen LogP contribution in [0.15, 0.2) is 48.6 Å². The number of unbranched alkanes of at least 4 members (excludes halogenated alkanes) is 2. The van der Waals surface area contributed by atoms with Gasteiger partial charge >= 0.3 is 0 Å². The van der Waals surface area contributed by atoms with E-state index in [2.05, 4.69) is 56.3 Å². The fourth-order valence-electron chi connectivity index (χ4n) is 6.24. The first kappa shape index (κ1) is 24.2. The van der Waals surface area contributed by atoms with E-state index in [1.54, 1.807) is 0 Å². The summed E-state index contributed by atoms with van der Waals surface area (Å²) in [7, 11) is 0. The third-order valence-corrected chi connectivity index (χ3v) is 8.33. The van der Waals surface area contributed by atoms with Crippen LogP contribution in [0.5, 0.6) is 0 Å². The maximum absolute atomic E-state index is 15.3. The zero-order valence-electron chi connectivity index (χ0n) is 20.9. The molecule has 1 fully saturated rings. The van der Waals surface area contributed by atoms with E-state index in [1.807, 2.05) is 6.07 Å². The Morgan fingerprint density at radius 1 is 0.909 bits per heavy atom. The zero-order valence-corrected chi connectivity index (χ0v) is 20.9. The maximum Gasteiger partial charge on any atom is 0.126 e. The number of aryl methyl sites for hydroxylation is 2. The summed E-state index contributed by atoms with van der Waals surface area (Å²) in [6.07, 6.45) is 20.3. The number of hydrogen-bond donors (Lipinski definition) is 0. The van der Waals surface area contributed by atoms with Crippen LogP contribution in [0.1, 0.15) is 118 Å². The standard InChI is InChI=1S/C32H43F/c1-3-5-7-9-24-11-14-26(15-12-24)29-19-20-31(32(33)23-29)30-18-17-27-21-25(10-8-6-4-2)13-16-28(27)22-30/h4,6,13,16,19-21,23-24,26,30H,3,5,7-12,14-15,17-18,22H2,1-2H3/b6-4+. The van der Waals surface area contributed by atoms with E-state index in [4.69, 9.17) is 0 Å². The van der Waals surface area contributed by atoms with Crippen molar-refractivity contribution in [2.24, 2.45) is 5.92 Å². The van der Waals surface area contributed by atoms with Gasteiger partial charge in [0.1, 0.15) is 5.82 Å². The second-order valence-corrected chi connectivity index (χ2v) is 10.6. The molecule has 2 aliphatic carbocycles. The largest absolute Gasteiger partial charge is 0.207 e. The molecule has 1 saturated carbocycles. The molecule has 33 heavy (non-hydrogen) atoms. The summed E-state index contributed by atoms with van der Waals surface area (Å²) in [6.45, 7) is 4.36. The average molecular weight is 447 g/mol. The van der Waals surface area contributed by atoms with Gasteiger partial charge in [-0.3, -0.25) is 0 Å². The summed E-state index contributed by atoms with van der Waals surface area (Å²) < 4.78 is 15.3. The smallest absolute Gasteiger partial charge is 0.126 e. The lowest BCUT2D eigenvalue weighted by molar-refractivity contribution is 0.302. The molecule has 0 spiro atoms. The molecule has 178 valence electrons. The first-order valence-electron chi connectivity index (χ1n) is 13.7. The van der Waals surface area contributed by atoms with Crippen molar-refractivity contribution in [3.8, 4) is 0 Å². The molecule has 0 aliphatic heterocycles. The molecule has 0 radical (unpaired) electrons. The minimum atomic E-state index is 0.0361. The number of allylic oxidation sites excluding steroid dienone is 2. The van der Waals surface area contributed by atoms with Gasteiger partial charge in [-0.25, -0.2) is 4.39 Å². The Bertz CT molecular complexity index is 916. The Labute approximate surface area is 201 Å². The third kappa shape index (κ3) is 6.37. The van der Waals surface area contributed by atoms with Crippen molar-refractivity contribution in [2.75, 3.05) is 0 Å². The Kier molecular flexibility index (Phi) is 8.82. The molecule has 0 amide bonds. The highest BCUT2D eigenvalue weighted by atomic mass is 19.1. The molecule has 1 unspecified atom stereocenters. The van der Waals surface area contributed by atoms with E-state index in [1.165, 1.54) is 73.6 Å². The van der Waals surface area contributed by atoms with Crippen LogP contribution in [-0.4, -0.2) is 0 Å². The third-order valence-electron chi connectivity index (χ3n) is 8.33. The van der Waals surface area contributed by atoms with Crippen LogP contribution in [0.3, 0.4) is 0 Å². The molecule has 2 aromatic carbocycles. The fraction of sp³-hybridized carbons (Fsp3) is 0.562. The minimum Gasteiger partial charge on any atom is -0.207 e. The molecule has 2 aliphatic rings. The van der Waals surface area contributed by atoms with Gasteiger partial charge in [0.05, 0.1) is 0 Å². The van der Waals surface area contributed by atoms with Crippen LogP contribution in [0, 0.1) is 11.7 Å². The highest BCUT2D eigenvalue weighted by molar-refractivity contribution is 5.38.